The average molecular weight is 641 g/mol. The Morgan fingerprint density at radius 2 is 1.83 bits per heavy atom. The Kier molecular flexibility index (Phi) is 13.7. The van der Waals surface area contributed by atoms with Crippen molar-refractivity contribution < 1.29 is 33.8 Å². The molecule has 15 nitrogen and oxygen atoms in total. The topological polar surface area (TPSA) is 211 Å². The third-order valence-electron chi connectivity index (χ3n) is 7.39. The van der Waals surface area contributed by atoms with E-state index in [-0.39, 0.29) is 49.2 Å². The van der Waals surface area contributed by atoms with E-state index >= 15 is 0 Å². The van der Waals surface area contributed by atoms with Crippen molar-refractivity contribution in [3.05, 3.63) is 53.9 Å². The monoisotopic (exact) mass is 640 g/mol. The van der Waals surface area contributed by atoms with E-state index < -0.39 is 24.3 Å². The molecule has 1 aromatic carbocycles. The van der Waals surface area contributed by atoms with Gasteiger partial charge in [0.2, 0.25) is 17.7 Å². The number of unbranched alkanes of at least 4 members (excludes halogenated alkanes) is 2. The summed E-state index contributed by atoms with van der Waals surface area (Å²) in [5.41, 5.74) is 6.97. The summed E-state index contributed by atoms with van der Waals surface area (Å²) in [5, 5.41) is 26.7. The summed E-state index contributed by atoms with van der Waals surface area (Å²) in [6, 6.07) is 4.99. The van der Waals surface area contributed by atoms with E-state index in [1.165, 1.54) is 28.7 Å². The molecule has 0 fully saturated rings. The molecule has 5 amide bonds. The summed E-state index contributed by atoms with van der Waals surface area (Å²) in [6.07, 6.45) is 6.57. The molecule has 0 aliphatic carbocycles. The molecule has 2 aromatic rings. The molecule has 1 aromatic heterocycles. The molecule has 3 unspecified atom stereocenters. The number of carbonyl (C=O) groups excluding carboxylic acids is 5. The van der Waals surface area contributed by atoms with Crippen LogP contribution in [0.5, 0.6) is 0 Å². The van der Waals surface area contributed by atoms with Gasteiger partial charge >= 0.3 is 12.0 Å². The fourth-order valence-electron chi connectivity index (χ4n) is 4.88. The number of nitrogens with two attached hydrogens (primary N) is 1. The van der Waals surface area contributed by atoms with Gasteiger partial charge in [0, 0.05) is 38.2 Å². The highest BCUT2D eigenvalue weighted by Crippen LogP contribution is 2.23. The summed E-state index contributed by atoms with van der Waals surface area (Å²) in [5.74, 6) is -1.14. The van der Waals surface area contributed by atoms with Gasteiger partial charge in [-0.2, -0.15) is 0 Å². The van der Waals surface area contributed by atoms with E-state index in [4.69, 9.17) is 10.5 Å². The molecule has 6 N–H and O–H groups in total. The highest BCUT2D eigenvalue weighted by atomic mass is 16.5. The van der Waals surface area contributed by atoms with Gasteiger partial charge in [-0.25, -0.2) is 9.48 Å². The van der Waals surface area contributed by atoms with Crippen molar-refractivity contribution in [2.75, 3.05) is 18.4 Å². The quantitative estimate of drug-likeness (QED) is 0.119. The molecular weight excluding hydrogens is 596 g/mol. The smallest absolute Gasteiger partial charge is 0.312 e. The standard InChI is InChI=1S/C31H44N8O7/c1-20(2)29(35-26(41)9-5-4-6-17-38-27(42)14-15-28(38)43)24-18-39(37-36-24)25(8-7-16-33-31(32)45)30(44)34-23-12-10-22(11-13-23)19-46-21(3)40/h10-15,18,20,25,27,29,42H,4-9,16-17,19H2,1-3H3,(H,34,44)(H,35,41)(H3,32,33,45). The number of anilines is 1. The minimum atomic E-state index is -0.889. The molecule has 1 aliphatic heterocycles. The van der Waals surface area contributed by atoms with Crippen LogP contribution in [0.15, 0.2) is 42.6 Å². The van der Waals surface area contributed by atoms with Crippen LogP contribution >= 0.6 is 0 Å². The number of benzene rings is 1. The van der Waals surface area contributed by atoms with Crippen molar-refractivity contribution in [2.45, 2.75) is 84.2 Å². The maximum absolute atomic E-state index is 13.4. The van der Waals surface area contributed by atoms with Crippen molar-refractivity contribution in [3.63, 3.8) is 0 Å². The molecule has 250 valence electrons. The van der Waals surface area contributed by atoms with E-state index in [0.29, 0.717) is 50.0 Å². The van der Waals surface area contributed by atoms with Crippen molar-refractivity contribution in [2.24, 2.45) is 11.7 Å². The van der Waals surface area contributed by atoms with Crippen LogP contribution in [-0.4, -0.2) is 74.0 Å². The van der Waals surface area contributed by atoms with Crippen molar-refractivity contribution in [1.82, 2.24) is 30.5 Å². The number of aromatic nitrogens is 3. The lowest BCUT2D eigenvalue weighted by atomic mass is 10.0. The summed E-state index contributed by atoms with van der Waals surface area (Å²) >= 11 is 0. The summed E-state index contributed by atoms with van der Waals surface area (Å²) in [7, 11) is 0. The molecular formula is C31H44N8O7. The predicted octanol–water partition coefficient (Wildman–Crippen LogP) is 2.06. The highest BCUT2D eigenvalue weighted by Gasteiger charge is 2.27. The summed E-state index contributed by atoms with van der Waals surface area (Å²) < 4.78 is 6.45. The SMILES string of the molecule is CC(=O)OCc1ccc(NC(=O)C(CCCNC(N)=O)n2cc(C(NC(=O)CCCCCN3C(=O)C=CC3O)C(C)C)nn2)cc1. The second kappa shape index (κ2) is 17.6. The number of amides is 5. The van der Waals surface area contributed by atoms with Gasteiger partial charge in [-0.1, -0.05) is 37.6 Å². The van der Waals surface area contributed by atoms with Gasteiger partial charge in [0.15, 0.2) is 0 Å². The first-order chi connectivity index (χ1) is 21.9. The number of nitrogens with one attached hydrogen (secondary N) is 3. The number of aliphatic hydroxyl groups is 1. The Balaban J connectivity index is 1.61. The second-order valence-corrected chi connectivity index (χ2v) is 11.4. The first kappa shape index (κ1) is 35.7. The first-order valence-electron chi connectivity index (χ1n) is 15.4. The van der Waals surface area contributed by atoms with E-state index in [2.05, 4.69) is 26.3 Å². The molecule has 0 saturated carbocycles. The van der Waals surface area contributed by atoms with Crippen LogP contribution in [-0.2, 0) is 30.5 Å². The zero-order chi connectivity index (χ0) is 33.6. The number of ether oxygens (including phenoxy) is 1. The lowest BCUT2D eigenvalue weighted by Crippen LogP contribution is -2.34. The molecule has 1 aliphatic rings. The molecule has 3 atom stereocenters. The molecule has 15 heteroatoms. The third kappa shape index (κ3) is 11.3. The normalized spacial score (nSPS) is 15.5. The van der Waals surface area contributed by atoms with Crippen molar-refractivity contribution in [1.29, 1.82) is 0 Å². The molecule has 3 rings (SSSR count). The predicted molar refractivity (Wildman–Crippen MR) is 167 cm³/mol. The minimum Gasteiger partial charge on any atom is -0.461 e. The van der Waals surface area contributed by atoms with Crippen LogP contribution in [0.2, 0.25) is 0 Å². The van der Waals surface area contributed by atoms with Crippen molar-refractivity contribution in [3.8, 4) is 0 Å². The van der Waals surface area contributed by atoms with E-state index in [1.54, 1.807) is 30.5 Å². The second-order valence-electron chi connectivity index (χ2n) is 11.4. The van der Waals surface area contributed by atoms with Crippen LogP contribution in [0.1, 0.15) is 82.6 Å². The van der Waals surface area contributed by atoms with E-state index in [9.17, 15) is 29.1 Å². The van der Waals surface area contributed by atoms with Crippen LogP contribution in [0, 0.1) is 5.92 Å². The Bertz CT molecular complexity index is 1380. The lowest BCUT2D eigenvalue weighted by Gasteiger charge is -2.21. The minimum absolute atomic E-state index is 0.0261. The Labute approximate surface area is 267 Å². The summed E-state index contributed by atoms with van der Waals surface area (Å²) in [6.45, 7) is 6.03. The van der Waals surface area contributed by atoms with Gasteiger partial charge in [0.25, 0.3) is 0 Å². The van der Waals surface area contributed by atoms with Gasteiger partial charge in [-0.15, -0.1) is 5.10 Å². The Morgan fingerprint density at radius 1 is 1.09 bits per heavy atom. The Hall–Kier alpha value is -4.79. The van der Waals surface area contributed by atoms with Crippen LogP contribution in [0.4, 0.5) is 10.5 Å². The zero-order valence-corrected chi connectivity index (χ0v) is 26.5. The molecule has 0 spiro atoms. The van der Waals surface area contributed by atoms with E-state index in [1.807, 2.05) is 13.8 Å². The van der Waals surface area contributed by atoms with Crippen LogP contribution in [0.25, 0.3) is 0 Å². The maximum Gasteiger partial charge on any atom is 0.312 e. The van der Waals surface area contributed by atoms with E-state index in [0.717, 1.165) is 5.56 Å². The number of esters is 1. The van der Waals surface area contributed by atoms with Crippen molar-refractivity contribution >= 4 is 35.4 Å². The first-order valence-corrected chi connectivity index (χ1v) is 15.4. The molecule has 0 saturated heterocycles. The summed E-state index contributed by atoms with van der Waals surface area (Å²) in [4.78, 5) is 61.6. The van der Waals surface area contributed by atoms with Gasteiger partial charge < -0.3 is 36.4 Å². The van der Waals surface area contributed by atoms with Crippen LogP contribution in [0.3, 0.4) is 0 Å². The van der Waals surface area contributed by atoms with Gasteiger partial charge in [-0.3, -0.25) is 19.2 Å². The fourth-order valence-corrected chi connectivity index (χ4v) is 4.88. The fraction of sp³-hybridized carbons (Fsp3) is 0.516. The number of hydrogen-bond donors (Lipinski definition) is 5. The van der Waals surface area contributed by atoms with Gasteiger partial charge in [-0.05, 0) is 55.4 Å². The highest BCUT2D eigenvalue weighted by molar-refractivity contribution is 5.93. The number of urea groups is 1. The number of nitrogens with zero attached hydrogens (tertiary/aromatic N) is 4. The molecule has 46 heavy (non-hydrogen) atoms. The van der Waals surface area contributed by atoms with Gasteiger partial charge in [0.1, 0.15) is 24.6 Å². The number of rotatable bonds is 18. The lowest BCUT2D eigenvalue weighted by molar-refractivity contribution is -0.142. The Morgan fingerprint density at radius 3 is 2.46 bits per heavy atom. The number of hydrogen-bond acceptors (Lipinski definition) is 9. The van der Waals surface area contributed by atoms with Crippen LogP contribution < -0.4 is 21.7 Å². The number of carbonyl (C=O) groups is 5. The molecule has 2 heterocycles. The number of aliphatic hydroxyl groups excluding tert-OH is 1. The largest absolute Gasteiger partial charge is 0.461 e. The molecule has 0 radical (unpaired) electrons. The maximum atomic E-state index is 13.4. The van der Waals surface area contributed by atoms with Gasteiger partial charge in [0.05, 0.1) is 12.2 Å². The average Bonchev–Trinajstić information content (AvgIpc) is 3.61. The third-order valence-corrected chi connectivity index (χ3v) is 7.39. The number of primary amides is 1. The molecule has 0 bridgehead atoms. The zero-order valence-electron chi connectivity index (χ0n) is 26.5.